The van der Waals surface area contributed by atoms with E-state index in [1.165, 1.54) is 5.57 Å². The van der Waals surface area contributed by atoms with E-state index in [4.69, 9.17) is 11.1 Å². The molecule has 0 bridgehead atoms. The van der Waals surface area contributed by atoms with Gasteiger partial charge in [-0.1, -0.05) is 26.3 Å². The Morgan fingerprint density at radius 2 is 2.14 bits per heavy atom. The molecular weight excluding hydrogens is 352 g/mol. The fraction of sp³-hybridized carbons (Fsp3) is 0.476. The first kappa shape index (κ1) is 23.2. The molecule has 3 N–H and O–H groups in total. The van der Waals surface area contributed by atoms with Crippen LogP contribution in [0.2, 0.25) is 0 Å². The molecule has 1 aromatic rings. The number of rotatable bonds is 10. The van der Waals surface area contributed by atoms with Crippen molar-refractivity contribution in [3.63, 3.8) is 0 Å². The summed E-state index contributed by atoms with van der Waals surface area (Å²) in [5.41, 5.74) is 9.74. The number of nitrogens with one attached hydrogen (secondary N) is 1. The number of aromatic nitrogens is 2. The molecule has 0 saturated heterocycles. The third-order valence-electron chi connectivity index (χ3n) is 4.34. The number of carbonyl (C=O) groups excluding carboxylic acids is 1. The maximum absolute atomic E-state index is 10.8. The third-order valence-corrected chi connectivity index (χ3v) is 4.34. The van der Waals surface area contributed by atoms with Crippen molar-refractivity contribution in [1.29, 1.82) is 5.41 Å². The summed E-state index contributed by atoms with van der Waals surface area (Å²) < 4.78 is 3.72. The Morgan fingerprint density at radius 3 is 2.68 bits per heavy atom. The van der Waals surface area contributed by atoms with Crippen LogP contribution < -0.4 is 5.73 Å². The summed E-state index contributed by atoms with van der Waals surface area (Å²) in [6.07, 6.45) is 9.48. The zero-order valence-electron chi connectivity index (χ0n) is 17.9. The zero-order valence-corrected chi connectivity index (χ0v) is 17.9. The molecule has 28 heavy (non-hydrogen) atoms. The van der Waals surface area contributed by atoms with Gasteiger partial charge < -0.3 is 15.9 Å². The van der Waals surface area contributed by atoms with Crippen molar-refractivity contribution in [2.75, 3.05) is 12.8 Å². The molecule has 1 heterocycles. The van der Waals surface area contributed by atoms with Crippen molar-refractivity contribution in [2.45, 2.75) is 54.0 Å². The molecule has 0 aliphatic rings. The highest BCUT2D eigenvalue weighted by atomic mass is 16.1. The normalized spacial score (nSPS) is 14.0. The molecule has 0 aliphatic heterocycles. The van der Waals surface area contributed by atoms with Crippen LogP contribution in [0.1, 0.15) is 47.5 Å². The molecule has 7 nitrogen and oxygen atoms in total. The minimum absolute atomic E-state index is 0.00533. The van der Waals surface area contributed by atoms with Crippen molar-refractivity contribution in [3.8, 4) is 0 Å². The topological polar surface area (TPSA) is 100 Å². The van der Waals surface area contributed by atoms with Gasteiger partial charge in [-0.05, 0) is 25.3 Å². The number of aliphatic imine (C=N–C) groups is 1. The molecule has 0 fully saturated rings. The Labute approximate surface area is 167 Å². The van der Waals surface area contributed by atoms with E-state index in [0.29, 0.717) is 35.9 Å². The predicted octanol–water partition coefficient (Wildman–Crippen LogP) is 3.78. The number of nitrogens with zero attached hydrogens (tertiary/aromatic N) is 4. The molecule has 0 radical (unpaired) electrons. The van der Waals surface area contributed by atoms with Crippen molar-refractivity contribution >= 4 is 35.4 Å². The van der Waals surface area contributed by atoms with Crippen molar-refractivity contribution in [1.82, 2.24) is 9.78 Å². The van der Waals surface area contributed by atoms with Crippen LogP contribution >= 0.6 is 0 Å². The molecule has 7 heteroatoms. The molecule has 0 atom stereocenters. The van der Waals surface area contributed by atoms with E-state index in [0.717, 1.165) is 18.3 Å². The van der Waals surface area contributed by atoms with Gasteiger partial charge in [-0.25, -0.2) is 14.2 Å². The fourth-order valence-electron chi connectivity index (χ4n) is 2.42. The minimum atomic E-state index is 0.00533. The summed E-state index contributed by atoms with van der Waals surface area (Å²) in [6.45, 7) is 10.4. The predicted molar refractivity (Wildman–Crippen MR) is 117 cm³/mol. The molecule has 0 spiro atoms. The van der Waals surface area contributed by atoms with Gasteiger partial charge in [-0.3, -0.25) is 0 Å². The number of carbonyl (C=O) groups is 1. The highest BCUT2D eigenvalue weighted by Crippen LogP contribution is 2.23. The van der Waals surface area contributed by atoms with E-state index in [-0.39, 0.29) is 5.92 Å². The number of hydrogen-bond donors (Lipinski definition) is 2. The van der Waals surface area contributed by atoms with Gasteiger partial charge in [0.05, 0.1) is 24.2 Å². The van der Waals surface area contributed by atoms with Crippen LogP contribution in [0.4, 0.5) is 11.5 Å². The van der Waals surface area contributed by atoms with Gasteiger partial charge in [-0.15, -0.1) is 0 Å². The molecule has 1 rings (SSSR count). The van der Waals surface area contributed by atoms with Crippen LogP contribution in [-0.2, 0) is 11.3 Å². The maximum atomic E-state index is 10.8. The van der Waals surface area contributed by atoms with E-state index < -0.39 is 0 Å². The number of anilines is 1. The van der Waals surface area contributed by atoms with Crippen LogP contribution in [0.25, 0.3) is 0 Å². The van der Waals surface area contributed by atoms with Gasteiger partial charge >= 0.3 is 0 Å². The molecule has 0 saturated carbocycles. The van der Waals surface area contributed by atoms with E-state index >= 15 is 0 Å². The minimum Gasteiger partial charge on any atom is -0.382 e. The number of hydrogen-bond acceptors (Lipinski definition) is 5. The van der Waals surface area contributed by atoms with Gasteiger partial charge in [0.2, 0.25) is 0 Å². The molecule has 0 amide bonds. The molecule has 0 aromatic carbocycles. The molecule has 1 aromatic heterocycles. The van der Waals surface area contributed by atoms with E-state index in [1.807, 2.05) is 45.5 Å². The second-order valence-corrected chi connectivity index (χ2v) is 7.06. The monoisotopic (exact) mass is 385 g/mol. The summed E-state index contributed by atoms with van der Waals surface area (Å²) in [5.74, 6) is 0.462. The quantitative estimate of drug-likeness (QED) is 0.364. The lowest BCUT2D eigenvalue weighted by atomic mass is 10.0. The van der Waals surface area contributed by atoms with Crippen molar-refractivity contribution in [2.24, 2.45) is 10.9 Å². The number of aldehydes is 1. The maximum Gasteiger partial charge on any atom is 0.169 e. The van der Waals surface area contributed by atoms with Crippen LogP contribution in [0.3, 0.4) is 0 Å². The van der Waals surface area contributed by atoms with Gasteiger partial charge in [0.1, 0.15) is 31.1 Å². The highest BCUT2D eigenvalue weighted by Gasteiger charge is 2.14. The lowest BCUT2D eigenvalue weighted by Crippen LogP contribution is -2.17. The molecule has 152 valence electrons. The number of nitrogens with two attached hydrogens (primary N) is 1. The second kappa shape index (κ2) is 11.1. The third kappa shape index (κ3) is 6.72. The highest BCUT2D eigenvalue weighted by molar-refractivity contribution is 6.46. The Balaban J connectivity index is 3.28. The van der Waals surface area contributed by atoms with E-state index in [1.54, 1.807) is 17.0 Å². The summed E-state index contributed by atoms with van der Waals surface area (Å²) >= 11 is 0. The first-order valence-electron chi connectivity index (χ1n) is 9.53. The lowest BCUT2D eigenvalue weighted by Gasteiger charge is -2.09. The number of nitrogen functional groups attached to an aromatic ring is 1. The molecular formula is C21H33N6O+. The van der Waals surface area contributed by atoms with E-state index in [2.05, 4.69) is 23.2 Å². The number of allylic oxidation sites excluding steroid dienone is 3. The Morgan fingerprint density at radius 1 is 1.46 bits per heavy atom. The average Bonchev–Trinajstić information content (AvgIpc) is 2.99. The molecule has 0 aliphatic carbocycles. The smallest absolute Gasteiger partial charge is 0.169 e. The first-order chi connectivity index (χ1) is 13.2. The van der Waals surface area contributed by atoms with Crippen LogP contribution in [-0.4, -0.2) is 45.3 Å². The lowest BCUT2D eigenvalue weighted by molar-refractivity contribution is -0.418. The Hall–Kier alpha value is -2.83. The summed E-state index contributed by atoms with van der Waals surface area (Å²) in [7, 11) is 1.98. The summed E-state index contributed by atoms with van der Waals surface area (Å²) in [5, 5.41) is 12.7. The first-order valence-corrected chi connectivity index (χ1v) is 9.53. The average molecular weight is 386 g/mol. The fourth-order valence-corrected chi connectivity index (χ4v) is 2.42. The Bertz CT molecular complexity index is 824. The van der Waals surface area contributed by atoms with Crippen LogP contribution in [0.15, 0.2) is 34.6 Å². The van der Waals surface area contributed by atoms with Gasteiger partial charge in [-0.2, -0.15) is 5.10 Å². The van der Waals surface area contributed by atoms with Crippen molar-refractivity contribution in [3.05, 3.63) is 29.6 Å². The SMILES string of the molecule is CC=[N+](C)C=C(CC)Cn1ncc(N=C(/C=C(/C)CC=O)C(=N)C(C)C)c1N. The zero-order chi connectivity index (χ0) is 21.3. The van der Waals surface area contributed by atoms with Crippen LogP contribution in [0, 0.1) is 11.3 Å². The van der Waals surface area contributed by atoms with Gasteiger partial charge in [0.25, 0.3) is 0 Å². The molecule has 0 unspecified atom stereocenters. The summed E-state index contributed by atoms with van der Waals surface area (Å²) in [4.78, 5) is 15.4. The van der Waals surface area contributed by atoms with Crippen molar-refractivity contribution < 1.29 is 9.37 Å². The van der Waals surface area contributed by atoms with Gasteiger partial charge in [0, 0.05) is 18.9 Å². The van der Waals surface area contributed by atoms with E-state index in [9.17, 15) is 4.79 Å². The largest absolute Gasteiger partial charge is 0.382 e. The van der Waals surface area contributed by atoms with Crippen LogP contribution in [0.5, 0.6) is 0 Å². The second-order valence-electron chi connectivity index (χ2n) is 7.06. The standard InChI is InChI=1S/C21H33N6O/c1-7-17(13-26(6)8-2)14-27-21(23)19(12-24-27)25-18(20(22)15(3)4)11-16(5)9-10-28/h8,10-13,15,22H,7,9,14,23H2,1-6H3/q+1/b16-11-,17-13?,22-20?,25-18?,26-8?. The summed E-state index contributed by atoms with van der Waals surface area (Å²) in [6, 6.07) is 0. The Kier molecular flexibility index (Phi) is 9.21. The van der Waals surface area contributed by atoms with Gasteiger partial charge in [0.15, 0.2) is 6.20 Å².